The summed E-state index contributed by atoms with van der Waals surface area (Å²) in [4.78, 5) is 14.5. The van der Waals surface area contributed by atoms with Gasteiger partial charge in [-0.15, -0.1) is 0 Å². The molecule has 1 N–H and O–H groups in total. The van der Waals surface area contributed by atoms with Crippen LogP contribution in [-0.4, -0.2) is 12.6 Å². The molecule has 4 nitrogen and oxygen atoms in total. The zero-order valence-corrected chi connectivity index (χ0v) is 14.6. The highest BCUT2D eigenvalue weighted by atomic mass is 19.1. The van der Waals surface area contributed by atoms with Crippen LogP contribution < -0.4 is 15.0 Å². The van der Waals surface area contributed by atoms with E-state index in [2.05, 4.69) is 19.2 Å². The minimum atomic E-state index is -0.312. The molecule has 2 aliphatic rings. The second-order valence-electron chi connectivity index (χ2n) is 7.21. The number of nitrogens with one attached hydrogen (secondary N) is 1. The number of hydrogen-bond donors (Lipinski definition) is 1. The summed E-state index contributed by atoms with van der Waals surface area (Å²) in [7, 11) is 0. The number of ether oxygens (including phenoxy) is 1. The first-order valence-electron chi connectivity index (χ1n) is 8.58. The van der Waals surface area contributed by atoms with Gasteiger partial charge in [0, 0.05) is 22.5 Å². The molecule has 2 aromatic carbocycles. The van der Waals surface area contributed by atoms with Crippen LogP contribution in [0.1, 0.15) is 44.4 Å². The smallest absolute Gasteiger partial charge is 0.326 e. The van der Waals surface area contributed by atoms with Crippen molar-refractivity contribution in [1.82, 2.24) is 0 Å². The number of carbonyl (C=O) groups is 1. The third kappa shape index (κ3) is 2.37. The molecule has 1 aliphatic heterocycles. The van der Waals surface area contributed by atoms with Gasteiger partial charge >= 0.3 is 6.03 Å². The molecule has 0 saturated heterocycles. The van der Waals surface area contributed by atoms with Gasteiger partial charge in [-0.25, -0.2) is 9.18 Å². The van der Waals surface area contributed by atoms with Crippen molar-refractivity contribution in [1.29, 1.82) is 0 Å². The van der Waals surface area contributed by atoms with Crippen LogP contribution >= 0.6 is 0 Å². The van der Waals surface area contributed by atoms with E-state index in [0.717, 1.165) is 29.0 Å². The second-order valence-corrected chi connectivity index (χ2v) is 7.21. The molecule has 4 rings (SSSR count). The molecule has 0 spiro atoms. The van der Waals surface area contributed by atoms with Crippen LogP contribution in [0.3, 0.4) is 0 Å². The molecule has 2 amide bonds. The molecule has 0 fully saturated rings. The van der Waals surface area contributed by atoms with Crippen molar-refractivity contribution in [3.63, 3.8) is 0 Å². The molecule has 25 heavy (non-hydrogen) atoms. The molecule has 0 bridgehead atoms. The fraction of sp³-hybridized carbons (Fsp3) is 0.350. The van der Waals surface area contributed by atoms with Gasteiger partial charge in [0.2, 0.25) is 0 Å². The fourth-order valence-corrected chi connectivity index (χ4v) is 4.15. The lowest BCUT2D eigenvalue weighted by Crippen LogP contribution is -2.41. The van der Waals surface area contributed by atoms with Crippen molar-refractivity contribution < 1.29 is 13.9 Å². The highest BCUT2D eigenvalue weighted by Gasteiger charge is 2.47. The second kappa shape index (κ2) is 5.48. The molecule has 1 aliphatic carbocycles. The monoisotopic (exact) mass is 340 g/mol. The number of amides is 2. The number of rotatable bonds is 3. The molecule has 130 valence electrons. The van der Waals surface area contributed by atoms with Gasteiger partial charge in [-0.05, 0) is 55.2 Å². The topological polar surface area (TPSA) is 41.6 Å². The molecular weight excluding hydrogens is 319 g/mol. The predicted molar refractivity (Wildman–Crippen MR) is 95.9 cm³/mol. The minimum Gasteiger partial charge on any atom is -0.494 e. The summed E-state index contributed by atoms with van der Waals surface area (Å²) >= 11 is 0. The van der Waals surface area contributed by atoms with Gasteiger partial charge in [0.1, 0.15) is 11.6 Å². The Morgan fingerprint density at radius 2 is 1.96 bits per heavy atom. The van der Waals surface area contributed by atoms with Crippen LogP contribution in [0.4, 0.5) is 20.6 Å². The van der Waals surface area contributed by atoms with Gasteiger partial charge in [-0.1, -0.05) is 13.8 Å². The summed E-state index contributed by atoms with van der Waals surface area (Å²) in [6.45, 7) is 6.92. The van der Waals surface area contributed by atoms with Crippen molar-refractivity contribution in [2.24, 2.45) is 0 Å². The fourth-order valence-electron chi connectivity index (χ4n) is 4.15. The van der Waals surface area contributed by atoms with Gasteiger partial charge in [-0.3, -0.25) is 4.90 Å². The Balaban J connectivity index is 1.88. The van der Waals surface area contributed by atoms with Crippen LogP contribution in [-0.2, 0) is 5.41 Å². The Kier molecular flexibility index (Phi) is 3.49. The molecule has 1 unspecified atom stereocenters. The summed E-state index contributed by atoms with van der Waals surface area (Å²) in [5.41, 5.74) is 3.69. The molecule has 0 saturated carbocycles. The number of anilines is 2. The van der Waals surface area contributed by atoms with E-state index < -0.39 is 0 Å². The Hall–Kier alpha value is -2.56. The number of carbonyl (C=O) groups excluding carboxylic acids is 1. The molecule has 2 aromatic rings. The molecule has 0 aromatic heterocycles. The van der Waals surface area contributed by atoms with Gasteiger partial charge in [0.05, 0.1) is 12.6 Å². The summed E-state index contributed by atoms with van der Waals surface area (Å²) in [5, 5.41) is 2.98. The van der Waals surface area contributed by atoms with Crippen molar-refractivity contribution in [3.05, 3.63) is 53.3 Å². The quantitative estimate of drug-likeness (QED) is 0.854. The van der Waals surface area contributed by atoms with Gasteiger partial charge in [0.15, 0.2) is 0 Å². The Labute approximate surface area is 146 Å². The first kappa shape index (κ1) is 15.9. The number of nitrogens with zero attached hydrogens (tertiary/aromatic N) is 1. The summed E-state index contributed by atoms with van der Waals surface area (Å²) in [5.74, 6) is 0.566. The summed E-state index contributed by atoms with van der Waals surface area (Å²) in [6, 6.07) is 9.66. The van der Waals surface area contributed by atoms with E-state index in [9.17, 15) is 9.18 Å². The number of hydrogen-bond acceptors (Lipinski definition) is 2. The van der Waals surface area contributed by atoms with Crippen molar-refractivity contribution in [2.75, 3.05) is 16.8 Å². The molecular formula is C20H21FN2O2. The van der Waals surface area contributed by atoms with Crippen molar-refractivity contribution in [2.45, 2.75) is 38.6 Å². The van der Waals surface area contributed by atoms with Crippen molar-refractivity contribution in [3.8, 4) is 5.75 Å². The lowest BCUT2D eigenvalue weighted by molar-refractivity contribution is 0.253. The number of benzene rings is 2. The normalized spacial score (nSPS) is 20.2. The van der Waals surface area contributed by atoms with Gasteiger partial charge in [-0.2, -0.15) is 0 Å². The Morgan fingerprint density at radius 3 is 2.64 bits per heavy atom. The Morgan fingerprint density at radius 1 is 1.24 bits per heavy atom. The zero-order valence-electron chi connectivity index (χ0n) is 14.6. The van der Waals surface area contributed by atoms with Crippen LogP contribution in [0.15, 0.2) is 36.4 Å². The van der Waals surface area contributed by atoms with Gasteiger partial charge < -0.3 is 10.1 Å². The van der Waals surface area contributed by atoms with E-state index >= 15 is 0 Å². The minimum absolute atomic E-state index is 0.0837. The van der Waals surface area contributed by atoms with E-state index in [1.165, 1.54) is 12.1 Å². The maximum absolute atomic E-state index is 13.3. The zero-order chi connectivity index (χ0) is 17.8. The lowest BCUT2D eigenvalue weighted by atomic mass is 9.85. The molecule has 5 heteroatoms. The first-order valence-corrected chi connectivity index (χ1v) is 8.58. The third-order valence-corrected chi connectivity index (χ3v) is 5.10. The van der Waals surface area contributed by atoms with E-state index in [1.807, 2.05) is 19.1 Å². The summed E-state index contributed by atoms with van der Waals surface area (Å²) in [6.07, 6.45) is 0.796. The van der Waals surface area contributed by atoms with Crippen LogP contribution in [0, 0.1) is 5.82 Å². The molecule has 1 atom stereocenters. The van der Waals surface area contributed by atoms with E-state index in [0.29, 0.717) is 12.3 Å². The maximum Gasteiger partial charge on any atom is 0.326 e. The standard InChI is InChI=1S/C20H21FN2O2/c1-4-25-16-10-9-14-17-15(11-20(2,3)18(16)17)23(19(24)22-14)13-7-5-12(21)6-8-13/h5-10,15H,4,11H2,1-3H3,(H,22,24). The number of halogens is 1. The van der Waals surface area contributed by atoms with E-state index in [1.54, 1.807) is 17.0 Å². The van der Waals surface area contributed by atoms with Crippen LogP contribution in [0.5, 0.6) is 5.75 Å². The average Bonchev–Trinajstić information content (AvgIpc) is 2.84. The largest absolute Gasteiger partial charge is 0.494 e. The highest BCUT2D eigenvalue weighted by molar-refractivity contribution is 6.06. The summed E-state index contributed by atoms with van der Waals surface area (Å²) < 4.78 is 19.2. The Bertz CT molecular complexity index is 846. The third-order valence-electron chi connectivity index (χ3n) is 5.10. The highest BCUT2D eigenvalue weighted by Crippen LogP contribution is 2.56. The lowest BCUT2D eigenvalue weighted by Gasteiger charge is -2.35. The first-order chi connectivity index (χ1) is 11.9. The van der Waals surface area contributed by atoms with E-state index in [4.69, 9.17) is 4.74 Å². The maximum atomic E-state index is 13.3. The van der Waals surface area contributed by atoms with Crippen LogP contribution in [0.2, 0.25) is 0 Å². The molecule has 1 heterocycles. The van der Waals surface area contributed by atoms with E-state index in [-0.39, 0.29) is 23.3 Å². The van der Waals surface area contributed by atoms with Crippen LogP contribution in [0.25, 0.3) is 0 Å². The predicted octanol–water partition coefficient (Wildman–Crippen LogP) is 5.00. The number of urea groups is 1. The molecule has 0 radical (unpaired) electrons. The van der Waals surface area contributed by atoms with Gasteiger partial charge in [0.25, 0.3) is 0 Å². The SMILES string of the molecule is CCOc1ccc2c3c1C(C)(C)CC3N(c1ccc(F)cc1)C(=O)N2. The average molecular weight is 340 g/mol. The van der Waals surface area contributed by atoms with Crippen molar-refractivity contribution >= 4 is 17.4 Å².